The summed E-state index contributed by atoms with van der Waals surface area (Å²) >= 11 is 0. The van der Waals surface area contributed by atoms with E-state index < -0.39 is 345 Å². The van der Waals surface area contributed by atoms with E-state index >= 15 is 0 Å². The Labute approximate surface area is 613 Å². The van der Waals surface area contributed by atoms with E-state index in [1.165, 1.54) is 0 Å². The van der Waals surface area contributed by atoms with Gasteiger partial charge in [0, 0.05) is 40.0 Å². The molecular formula is C59H96N4O46. The van der Waals surface area contributed by atoms with Crippen LogP contribution in [0.5, 0.6) is 0 Å². The molecule has 50 heteroatoms. The van der Waals surface area contributed by atoms with E-state index in [0.717, 1.165) is 20.8 Å². The summed E-state index contributed by atoms with van der Waals surface area (Å²) in [6, 6.07) is -8.21. The quantitative estimate of drug-likeness (QED) is 0.0290. The van der Waals surface area contributed by atoms with Gasteiger partial charge in [0.2, 0.25) is 23.6 Å². The molecule has 0 aromatic carbocycles. The van der Waals surface area contributed by atoms with Crippen molar-refractivity contribution < 1.29 is 228 Å². The lowest BCUT2D eigenvalue weighted by Crippen LogP contribution is -2.73. The minimum Gasteiger partial charge on any atom is -0.477 e. The van der Waals surface area contributed by atoms with Crippen molar-refractivity contribution in [1.29, 1.82) is 0 Å². The highest BCUT2D eigenvalue weighted by molar-refractivity contribution is 5.79. The number of carbonyl (C=O) groups excluding carboxylic acids is 4. The molecule has 0 bridgehead atoms. The van der Waals surface area contributed by atoms with Crippen LogP contribution in [-0.2, 0) is 95.1 Å². The van der Waals surface area contributed by atoms with Crippen LogP contribution in [0.4, 0.5) is 0 Å². The normalized spacial score (nSPS) is 43.1. The van der Waals surface area contributed by atoms with Gasteiger partial charge in [-0.2, -0.15) is 0 Å². The summed E-state index contributed by atoms with van der Waals surface area (Å²) in [6.45, 7) is -8.34. The molecule has 50 nitrogen and oxygen atoms in total. The average Bonchev–Trinajstić information content (AvgIpc) is 0.751. The summed E-state index contributed by atoms with van der Waals surface area (Å²) < 4.78 is 75.6. The minimum absolute atomic E-state index is 0.797. The molecular weight excluding hydrogens is 1500 g/mol. The lowest BCUT2D eigenvalue weighted by atomic mass is 9.87. The first-order chi connectivity index (χ1) is 51.1. The van der Waals surface area contributed by atoms with E-state index in [-0.39, 0.29) is 0 Å². The van der Waals surface area contributed by atoms with Crippen molar-refractivity contribution in [3.8, 4) is 0 Å². The Bertz CT molecular complexity index is 3030. The van der Waals surface area contributed by atoms with E-state index in [1.54, 1.807) is 0 Å². The number of amides is 4. The zero-order valence-corrected chi connectivity index (χ0v) is 57.8. The molecule has 0 aliphatic carbocycles. The second-order valence-corrected chi connectivity index (χ2v) is 26.8. The van der Waals surface area contributed by atoms with Gasteiger partial charge in [-0.15, -0.1) is 0 Å². The van der Waals surface area contributed by atoms with Crippen LogP contribution in [0.3, 0.4) is 0 Å². The van der Waals surface area contributed by atoms with Gasteiger partial charge in [-0.3, -0.25) is 19.2 Å². The highest BCUT2D eigenvalue weighted by Gasteiger charge is 2.66. The fourth-order valence-electron chi connectivity index (χ4n) is 13.7. The number of nitrogens with one attached hydrogen (secondary N) is 4. The highest BCUT2D eigenvalue weighted by Crippen LogP contribution is 2.44. The summed E-state index contributed by atoms with van der Waals surface area (Å²) in [5.41, 5.74) is 0. The van der Waals surface area contributed by atoms with E-state index in [0.29, 0.717) is 0 Å². The maximum atomic E-state index is 14.2. The first kappa shape index (κ1) is 91.0. The molecule has 38 atom stereocenters. The standard InChI is InChI=1S/C59H96N4O46/c1-15(72)60-29-18(75)4-57(54(91)92,105-45(29)33(81)21(78)7-64)104-25(11-68)37(85)47-31(63-28(80)14-71)20(77)6-59(107-47,56(95)96)109-49-41(89)53(101-42-26(12-69)97-50(90)39(87)38(42)86)100-27(13-70)43(49)102-51-32(62-17(3)74)44(35(83)23(9-66)98-51)103-52-40(88)48(36(84)24(10-67)99-52)108-58(55(93)94)5-19(76)30(61-16(2)73)46(106-58)34(82)22(79)8-65/h18-27,29-53,64-71,75-79,81-90H,4-14H2,1-3H3,(H,60,72)(H,61,73)(H,62,74)(H,63,80)(H,91,92)(H,93,94)(H,95,96)/t18-,19-,20-,21+,22+,23+,24+,25+,26+,27+,29+,30+,31+,32+,33+,34+,35-,36-,37+,38+,39+,40+,41+,42+,43-,44+,45+,46+,47+,48-,49+,50?,51-,52-,53-,57+,58-,59-/m0/s1. The van der Waals surface area contributed by atoms with Crippen LogP contribution >= 0.6 is 0 Å². The average molecular weight is 1600 g/mol. The first-order valence-electron chi connectivity index (χ1n) is 33.7. The molecule has 7 aliphatic rings. The number of ether oxygens (including phenoxy) is 13. The van der Waals surface area contributed by atoms with Crippen LogP contribution in [-0.4, -0.2) is 459 Å². The Morgan fingerprint density at radius 2 is 0.761 bits per heavy atom. The summed E-state index contributed by atoms with van der Waals surface area (Å²) in [6.07, 6.45) is -78.8. The Balaban J connectivity index is 1.32. The summed E-state index contributed by atoms with van der Waals surface area (Å²) in [5, 5.41) is 295. The zero-order chi connectivity index (χ0) is 81.5. The Morgan fingerprint density at radius 3 is 1.19 bits per heavy atom. The van der Waals surface area contributed by atoms with Crippen molar-refractivity contribution in [2.24, 2.45) is 0 Å². The van der Waals surface area contributed by atoms with Gasteiger partial charge in [0.1, 0.15) is 159 Å². The lowest BCUT2D eigenvalue weighted by Gasteiger charge is -2.53. The van der Waals surface area contributed by atoms with Gasteiger partial charge in [-0.05, 0) is 0 Å². The third-order valence-corrected chi connectivity index (χ3v) is 19.2. The minimum atomic E-state index is -3.82. The predicted octanol–water partition coefficient (Wildman–Crippen LogP) is -19.1. The molecule has 0 aromatic rings. The van der Waals surface area contributed by atoms with Crippen molar-refractivity contribution in [2.45, 2.75) is 272 Å². The number of hydrogen-bond donors (Lipinski definition) is 30. The SMILES string of the molecule is CC(=O)N[C@H]1[C@H](O[C@@H]2[C@H](O[C@]3(C(=O)O)C[C@H](O)[C@@H](NC(=O)CO)[C@H]([C@H](O)[C@@H](CO)O[C@]4(C(=O)O)C[C@H](O)[C@@H](NC(C)=O)[C@H]([C@H](O)[C@H](O)CO)O4)O3)[C@@H](O)[C@H](O[C@H]3[C@H](O)[C@@H](O)C(O)O[C@@H]3CO)O[C@@H]2CO)O[C@H](CO)[C@H](O)[C@@H]1O[C@@H]1O[C@H](CO)[C@H](O)[C@H](O[C@]2(C(=O)O)C[C@H](O)[C@@H](NC(C)=O)[C@H]([C@H](O)[C@H](O)CO)O2)[C@H]1O. The third kappa shape index (κ3) is 19.8. The molecule has 7 heterocycles. The van der Waals surface area contributed by atoms with Crippen LogP contribution in [0.25, 0.3) is 0 Å². The molecule has 109 heavy (non-hydrogen) atoms. The van der Waals surface area contributed by atoms with Gasteiger partial charge < -0.3 is 216 Å². The summed E-state index contributed by atoms with van der Waals surface area (Å²) in [5.74, 6) is -22.1. The fourth-order valence-corrected chi connectivity index (χ4v) is 13.7. The smallest absolute Gasteiger partial charge is 0.364 e. The van der Waals surface area contributed by atoms with Crippen molar-refractivity contribution in [2.75, 3.05) is 52.9 Å². The van der Waals surface area contributed by atoms with E-state index in [1.807, 2.05) is 5.32 Å². The fraction of sp³-hybridized carbons (Fsp3) is 0.881. The van der Waals surface area contributed by atoms with Crippen molar-refractivity contribution >= 4 is 41.5 Å². The lowest BCUT2D eigenvalue weighted by molar-refractivity contribution is -0.405. The van der Waals surface area contributed by atoms with Crippen molar-refractivity contribution in [3.63, 3.8) is 0 Å². The van der Waals surface area contributed by atoms with Gasteiger partial charge in [0.05, 0.1) is 82.7 Å². The second-order valence-electron chi connectivity index (χ2n) is 26.8. The molecule has 30 N–H and O–H groups in total. The molecule has 7 saturated heterocycles. The number of carboxylic acid groups (broad SMARTS) is 3. The molecule has 1 unspecified atom stereocenters. The summed E-state index contributed by atoms with van der Waals surface area (Å²) in [4.78, 5) is 91.8. The number of aliphatic hydroxyl groups excluding tert-OH is 23. The van der Waals surface area contributed by atoms with Crippen molar-refractivity contribution in [1.82, 2.24) is 21.3 Å². The zero-order valence-electron chi connectivity index (χ0n) is 57.8. The van der Waals surface area contributed by atoms with Gasteiger partial charge in [0.15, 0.2) is 25.2 Å². The predicted molar refractivity (Wildman–Crippen MR) is 331 cm³/mol. The molecule has 0 spiro atoms. The Kier molecular flexibility index (Phi) is 32.0. The van der Waals surface area contributed by atoms with Gasteiger partial charge in [-0.25, -0.2) is 14.4 Å². The van der Waals surface area contributed by atoms with Crippen LogP contribution in [0.1, 0.15) is 40.0 Å². The molecule has 7 fully saturated rings. The Hall–Kier alpha value is -5.15. The Morgan fingerprint density at radius 1 is 0.394 bits per heavy atom. The van der Waals surface area contributed by atoms with Crippen LogP contribution < -0.4 is 21.3 Å². The van der Waals surface area contributed by atoms with Crippen LogP contribution in [0.2, 0.25) is 0 Å². The van der Waals surface area contributed by atoms with Crippen LogP contribution in [0.15, 0.2) is 0 Å². The number of rotatable bonds is 33. The number of carboxylic acids is 3. The first-order valence-corrected chi connectivity index (χ1v) is 33.7. The number of aliphatic carboxylic acids is 3. The molecule has 0 saturated carbocycles. The number of carbonyl (C=O) groups is 7. The second kappa shape index (κ2) is 38.3. The van der Waals surface area contributed by atoms with E-state index in [9.17, 15) is 166 Å². The highest BCUT2D eigenvalue weighted by atomic mass is 16.8. The van der Waals surface area contributed by atoms with E-state index in [4.69, 9.17) is 61.6 Å². The van der Waals surface area contributed by atoms with Crippen molar-refractivity contribution in [3.05, 3.63) is 0 Å². The largest absolute Gasteiger partial charge is 0.477 e. The molecule has 4 amide bonds. The maximum Gasteiger partial charge on any atom is 0.364 e. The molecule has 7 rings (SSSR count). The monoisotopic (exact) mass is 1600 g/mol. The van der Waals surface area contributed by atoms with Gasteiger partial charge >= 0.3 is 17.9 Å². The topological polar surface area (TPSA) is 814 Å². The third-order valence-electron chi connectivity index (χ3n) is 19.2. The molecule has 0 aromatic heterocycles. The molecule has 7 aliphatic heterocycles. The molecule has 0 radical (unpaired) electrons. The number of hydrogen-bond acceptors (Lipinski definition) is 43. The van der Waals surface area contributed by atoms with Crippen LogP contribution in [0, 0.1) is 0 Å². The van der Waals surface area contributed by atoms with Gasteiger partial charge in [-0.1, -0.05) is 0 Å². The maximum absolute atomic E-state index is 14.2. The molecule has 628 valence electrons. The van der Waals surface area contributed by atoms with Gasteiger partial charge in [0.25, 0.3) is 17.4 Å². The van der Waals surface area contributed by atoms with E-state index in [2.05, 4.69) is 16.0 Å². The number of aliphatic hydroxyl groups is 23. The summed E-state index contributed by atoms with van der Waals surface area (Å²) in [7, 11) is 0.